The van der Waals surface area contributed by atoms with Crippen LogP contribution in [0.5, 0.6) is 0 Å². The summed E-state index contributed by atoms with van der Waals surface area (Å²) in [6, 6.07) is 8.10. The molecule has 0 saturated carbocycles. The monoisotopic (exact) mass is 305 g/mol. The Balaban J connectivity index is 2.79. The predicted octanol–water partition coefficient (Wildman–Crippen LogP) is 3.17. The maximum absolute atomic E-state index is 12.5. The van der Waals surface area contributed by atoms with Gasteiger partial charge in [-0.25, -0.2) is 0 Å². The maximum atomic E-state index is 12.5. The number of aliphatic carboxylic acids is 1. The Labute approximate surface area is 133 Å². The molecule has 2 atom stereocenters. The van der Waals surface area contributed by atoms with Gasteiger partial charge in [-0.15, -0.1) is 0 Å². The van der Waals surface area contributed by atoms with Gasteiger partial charge in [0.1, 0.15) is 0 Å². The average molecular weight is 305 g/mol. The first-order valence-electron chi connectivity index (χ1n) is 7.79. The van der Waals surface area contributed by atoms with Crippen LogP contribution in [0.15, 0.2) is 24.3 Å². The number of amides is 1. The largest absolute Gasteiger partial charge is 0.481 e. The van der Waals surface area contributed by atoms with Crippen molar-refractivity contribution in [1.29, 1.82) is 0 Å². The smallest absolute Gasteiger partial charge is 0.308 e. The molecule has 0 heterocycles. The van der Waals surface area contributed by atoms with Crippen LogP contribution in [0.3, 0.4) is 0 Å². The van der Waals surface area contributed by atoms with Crippen molar-refractivity contribution in [3.63, 3.8) is 0 Å². The van der Waals surface area contributed by atoms with Crippen molar-refractivity contribution >= 4 is 11.9 Å². The minimum Gasteiger partial charge on any atom is -0.481 e. The van der Waals surface area contributed by atoms with Crippen molar-refractivity contribution < 1.29 is 14.7 Å². The second-order valence-electron chi connectivity index (χ2n) is 6.52. The number of carbonyl (C=O) groups excluding carboxylic acids is 1. The summed E-state index contributed by atoms with van der Waals surface area (Å²) in [5.41, 5.74) is 2.21. The van der Waals surface area contributed by atoms with E-state index in [2.05, 4.69) is 26.0 Å². The second-order valence-corrected chi connectivity index (χ2v) is 6.52. The van der Waals surface area contributed by atoms with E-state index in [1.54, 1.807) is 14.0 Å². The molecular weight excluding hydrogens is 278 g/mol. The van der Waals surface area contributed by atoms with E-state index in [4.69, 9.17) is 5.11 Å². The first kappa shape index (κ1) is 18.2. The molecule has 0 radical (unpaired) electrons. The molecule has 1 aromatic carbocycles. The van der Waals surface area contributed by atoms with E-state index in [-0.39, 0.29) is 18.4 Å². The van der Waals surface area contributed by atoms with Crippen LogP contribution in [0.2, 0.25) is 0 Å². The van der Waals surface area contributed by atoms with Gasteiger partial charge in [0.15, 0.2) is 0 Å². The van der Waals surface area contributed by atoms with E-state index in [1.165, 1.54) is 10.5 Å². The molecule has 0 aliphatic carbocycles. The summed E-state index contributed by atoms with van der Waals surface area (Å²) in [6.45, 7) is 8.05. The summed E-state index contributed by atoms with van der Waals surface area (Å²) in [7, 11) is 1.66. The van der Waals surface area contributed by atoms with E-state index < -0.39 is 11.9 Å². The third-order valence-corrected chi connectivity index (χ3v) is 3.81. The molecular formula is C18H27NO3. The molecule has 122 valence electrons. The molecule has 0 bridgehead atoms. The zero-order chi connectivity index (χ0) is 16.9. The quantitative estimate of drug-likeness (QED) is 0.842. The molecule has 1 rings (SSSR count). The summed E-state index contributed by atoms with van der Waals surface area (Å²) >= 11 is 0. The predicted molar refractivity (Wildman–Crippen MR) is 87.8 cm³/mol. The highest BCUT2D eigenvalue weighted by Crippen LogP contribution is 2.20. The summed E-state index contributed by atoms with van der Waals surface area (Å²) < 4.78 is 0. The first-order valence-corrected chi connectivity index (χ1v) is 7.79. The lowest BCUT2D eigenvalue weighted by atomic mass is 9.94. The fraction of sp³-hybridized carbons (Fsp3) is 0.556. The highest BCUT2D eigenvalue weighted by Gasteiger charge is 2.22. The van der Waals surface area contributed by atoms with Crippen LogP contribution in [-0.2, 0) is 16.0 Å². The molecule has 4 nitrogen and oxygen atoms in total. The SMILES string of the molecule is CC(C)Cc1cccc(C(C)C(=O)N(C)CC(C)C(=O)O)c1. The van der Waals surface area contributed by atoms with Gasteiger partial charge in [0.05, 0.1) is 11.8 Å². The van der Waals surface area contributed by atoms with E-state index in [0.29, 0.717) is 5.92 Å². The number of benzene rings is 1. The molecule has 0 aliphatic heterocycles. The Morgan fingerprint density at radius 3 is 2.36 bits per heavy atom. The fourth-order valence-corrected chi connectivity index (χ4v) is 2.51. The number of rotatable bonds is 7. The van der Waals surface area contributed by atoms with Crippen LogP contribution in [0, 0.1) is 11.8 Å². The van der Waals surface area contributed by atoms with Crippen LogP contribution in [0.25, 0.3) is 0 Å². The van der Waals surface area contributed by atoms with Crippen molar-refractivity contribution in [2.24, 2.45) is 11.8 Å². The molecule has 0 aromatic heterocycles. The molecule has 1 amide bonds. The van der Waals surface area contributed by atoms with E-state index in [0.717, 1.165) is 12.0 Å². The van der Waals surface area contributed by atoms with Crippen molar-refractivity contribution in [3.8, 4) is 0 Å². The Kier molecular flexibility index (Phi) is 6.60. The molecule has 1 aromatic rings. The zero-order valence-corrected chi connectivity index (χ0v) is 14.2. The number of hydrogen-bond donors (Lipinski definition) is 1. The Hall–Kier alpha value is -1.84. The van der Waals surface area contributed by atoms with Gasteiger partial charge < -0.3 is 10.0 Å². The molecule has 4 heteroatoms. The van der Waals surface area contributed by atoms with Gasteiger partial charge in [-0.2, -0.15) is 0 Å². The molecule has 0 spiro atoms. The second kappa shape index (κ2) is 7.97. The maximum Gasteiger partial charge on any atom is 0.308 e. The number of carboxylic acid groups (broad SMARTS) is 1. The average Bonchev–Trinajstić information content (AvgIpc) is 2.44. The van der Waals surface area contributed by atoms with Crippen LogP contribution in [0.1, 0.15) is 44.7 Å². The first-order chi connectivity index (χ1) is 10.2. The molecule has 0 fully saturated rings. The number of carboxylic acids is 1. The number of likely N-dealkylation sites (N-methyl/N-ethyl adjacent to an activating group) is 1. The topological polar surface area (TPSA) is 57.6 Å². The number of nitrogens with zero attached hydrogens (tertiary/aromatic N) is 1. The molecule has 22 heavy (non-hydrogen) atoms. The lowest BCUT2D eigenvalue weighted by Gasteiger charge is -2.23. The van der Waals surface area contributed by atoms with Crippen molar-refractivity contribution in [2.45, 2.75) is 40.0 Å². The van der Waals surface area contributed by atoms with Gasteiger partial charge in [0.2, 0.25) is 5.91 Å². The minimum absolute atomic E-state index is 0.0465. The standard InChI is InChI=1S/C18H27NO3/c1-12(2)9-15-7-6-8-16(10-15)14(4)17(20)19(5)11-13(3)18(21)22/h6-8,10,12-14H,9,11H2,1-5H3,(H,21,22). The van der Waals surface area contributed by atoms with Gasteiger partial charge in [-0.1, -0.05) is 45.0 Å². The molecule has 2 unspecified atom stereocenters. The number of hydrogen-bond acceptors (Lipinski definition) is 2. The summed E-state index contributed by atoms with van der Waals surface area (Å²) in [4.78, 5) is 24.9. The number of carbonyl (C=O) groups is 2. The lowest BCUT2D eigenvalue weighted by molar-refractivity contribution is -0.142. The third kappa shape index (κ3) is 5.17. The van der Waals surface area contributed by atoms with Gasteiger partial charge in [0.25, 0.3) is 0 Å². The van der Waals surface area contributed by atoms with Crippen LogP contribution in [0.4, 0.5) is 0 Å². The van der Waals surface area contributed by atoms with Gasteiger partial charge in [-0.05, 0) is 30.4 Å². The lowest BCUT2D eigenvalue weighted by Crippen LogP contribution is -2.36. The van der Waals surface area contributed by atoms with Crippen LogP contribution < -0.4 is 0 Å². The zero-order valence-electron chi connectivity index (χ0n) is 14.2. The van der Waals surface area contributed by atoms with Gasteiger partial charge in [0, 0.05) is 13.6 Å². The van der Waals surface area contributed by atoms with E-state index >= 15 is 0 Å². The Morgan fingerprint density at radius 2 is 1.82 bits per heavy atom. The van der Waals surface area contributed by atoms with Gasteiger partial charge >= 0.3 is 5.97 Å². The highest BCUT2D eigenvalue weighted by molar-refractivity contribution is 5.83. The van der Waals surface area contributed by atoms with Crippen molar-refractivity contribution in [3.05, 3.63) is 35.4 Å². The van der Waals surface area contributed by atoms with Gasteiger partial charge in [-0.3, -0.25) is 9.59 Å². The highest BCUT2D eigenvalue weighted by atomic mass is 16.4. The Bertz CT molecular complexity index is 525. The molecule has 0 aliphatic rings. The summed E-state index contributed by atoms with van der Waals surface area (Å²) in [5, 5.41) is 8.95. The van der Waals surface area contributed by atoms with E-state index in [1.807, 2.05) is 19.1 Å². The minimum atomic E-state index is -0.883. The van der Waals surface area contributed by atoms with E-state index in [9.17, 15) is 9.59 Å². The fourth-order valence-electron chi connectivity index (χ4n) is 2.51. The summed E-state index contributed by atoms with van der Waals surface area (Å²) in [5.74, 6) is -1.19. The Morgan fingerprint density at radius 1 is 1.18 bits per heavy atom. The third-order valence-electron chi connectivity index (χ3n) is 3.81. The normalized spacial score (nSPS) is 13.7. The molecule has 1 N–H and O–H groups in total. The molecule has 0 saturated heterocycles. The van der Waals surface area contributed by atoms with Crippen LogP contribution >= 0.6 is 0 Å². The summed E-state index contributed by atoms with van der Waals surface area (Å²) in [6.07, 6.45) is 0.987. The van der Waals surface area contributed by atoms with Crippen LogP contribution in [-0.4, -0.2) is 35.5 Å². The van der Waals surface area contributed by atoms with Crippen molar-refractivity contribution in [1.82, 2.24) is 4.90 Å². The van der Waals surface area contributed by atoms with Crippen molar-refractivity contribution in [2.75, 3.05) is 13.6 Å².